The van der Waals surface area contributed by atoms with Gasteiger partial charge in [0.15, 0.2) is 0 Å². The van der Waals surface area contributed by atoms with Crippen LogP contribution in [0.25, 0.3) is 0 Å². The zero-order valence-corrected chi connectivity index (χ0v) is 12.5. The number of nitrogens with zero attached hydrogens (tertiary/aromatic N) is 1. The second-order valence-electron chi connectivity index (χ2n) is 6.14. The van der Waals surface area contributed by atoms with Crippen molar-refractivity contribution in [3.8, 4) is 0 Å². The topological polar surface area (TPSA) is 29.3 Å². The third-order valence-corrected chi connectivity index (χ3v) is 4.25. The first-order valence-electron chi connectivity index (χ1n) is 6.59. The molecule has 0 radical (unpaired) electrons. The summed E-state index contributed by atoms with van der Waals surface area (Å²) < 4.78 is 0. The quantitative estimate of drug-likeness (QED) is 0.888. The molecule has 0 bridgehead atoms. The SMILES string of the molecule is Cc1cc(C)c(N2CC(CN)CC2(C)C)c(Cl)c1. The normalized spacial score (nSPS) is 22.6. The van der Waals surface area contributed by atoms with Crippen LogP contribution in [0.4, 0.5) is 5.69 Å². The van der Waals surface area contributed by atoms with E-state index in [2.05, 4.69) is 44.7 Å². The van der Waals surface area contributed by atoms with Crippen molar-refractivity contribution in [2.45, 2.75) is 39.7 Å². The van der Waals surface area contributed by atoms with Crippen LogP contribution in [-0.4, -0.2) is 18.6 Å². The molecule has 1 aliphatic rings. The van der Waals surface area contributed by atoms with Gasteiger partial charge in [-0.1, -0.05) is 17.7 Å². The number of anilines is 1. The molecule has 0 spiro atoms. The van der Waals surface area contributed by atoms with Crippen LogP contribution >= 0.6 is 11.6 Å². The van der Waals surface area contributed by atoms with Gasteiger partial charge in [0.05, 0.1) is 10.7 Å². The largest absolute Gasteiger partial charge is 0.365 e. The Labute approximate surface area is 115 Å². The molecule has 100 valence electrons. The highest BCUT2D eigenvalue weighted by Crippen LogP contribution is 2.41. The molecule has 0 aliphatic carbocycles. The van der Waals surface area contributed by atoms with Gasteiger partial charge in [0.1, 0.15) is 0 Å². The molecule has 18 heavy (non-hydrogen) atoms. The standard InChI is InChI=1S/C15H23ClN2/c1-10-5-11(2)14(13(16)6-10)18-9-12(8-17)7-15(18,3)4/h5-6,12H,7-9,17H2,1-4H3. The van der Waals surface area contributed by atoms with Crippen LogP contribution in [0.3, 0.4) is 0 Å². The minimum atomic E-state index is 0.133. The molecular weight excluding hydrogens is 244 g/mol. The fourth-order valence-electron chi connectivity index (χ4n) is 3.19. The summed E-state index contributed by atoms with van der Waals surface area (Å²) in [5, 5.41) is 0.859. The summed E-state index contributed by atoms with van der Waals surface area (Å²) in [7, 11) is 0. The van der Waals surface area contributed by atoms with Crippen molar-refractivity contribution in [3.63, 3.8) is 0 Å². The summed E-state index contributed by atoms with van der Waals surface area (Å²) in [6.07, 6.45) is 1.13. The maximum Gasteiger partial charge on any atom is 0.0645 e. The molecule has 2 rings (SSSR count). The lowest BCUT2D eigenvalue weighted by Crippen LogP contribution is -2.38. The van der Waals surface area contributed by atoms with Gasteiger partial charge in [0.2, 0.25) is 0 Å². The van der Waals surface area contributed by atoms with Crippen LogP contribution in [0.1, 0.15) is 31.4 Å². The molecule has 2 nitrogen and oxygen atoms in total. The van der Waals surface area contributed by atoms with Gasteiger partial charge >= 0.3 is 0 Å². The van der Waals surface area contributed by atoms with E-state index in [9.17, 15) is 0 Å². The fourth-order valence-corrected chi connectivity index (χ4v) is 3.61. The Kier molecular flexibility index (Phi) is 3.61. The van der Waals surface area contributed by atoms with E-state index in [1.165, 1.54) is 16.8 Å². The predicted octanol–water partition coefficient (Wildman–Crippen LogP) is 3.52. The highest BCUT2D eigenvalue weighted by Gasteiger charge is 2.39. The number of aryl methyl sites for hydroxylation is 2. The van der Waals surface area contributed by atoms with Crippen molar-refractivity contribution in [1.82, 2.24) is 0 Å². The average Bonchev–Trinajstić information content (AvgIpc) is 2.53. The molecule has 1 fully saturated rings. The molecule has 1 unspecified atom stereocenters. The summed E-state index contributed by atoms with van der Waals surface area (Å²) in [6.45, 7) is 10.5. The number of hydrogen-bond donors (Lipinski definition) is 1. The van der Waals surface area contributed by atoms with Crippen LogP contribution < -0.4 is 10.6 Å². The smallest absolute Gasteiger partial charge is 0.0645 e. The number of nitrogens with two attached hydrogens (primary N) is 1. The molecule has 1 aromatic rings. The van der Waals surface area contributed by atoms with Gasteiger partial charge in [-0.15, -0.1) is 0 Å². The Balaban J connectivity index is 2.43. The molecule has 0 saturated carbocycles. The third kappa shape index (κ3) is 2.36. The van der Waals surface area contributed by atoms with Crippen LogP contribution in [0.15, 0.2) is 12.1 Å². The lowest BCUT2D eigenvalue weighted by Gasteiger charge is -2.35. The Hall–Kier alpha value is -0.730. The van der Waals surface area contributed by atoms with Gasteiger partial charge in [-0.05, 0) is 63.8 Å². The van der Waals surface area contributed by atoms with Crippen molar-refractivity contribution in [2.75, 3.05) is 18.0 Å². The molecule has 2 N–H and O–H groups in total. The summed E-state index contributed by atoms with van der Waals surface area (Å²) >= 11 is 6.46. The average molecular weight is 267 g/mol. The van der Waals surface area contributed by atoms with E-state index in [0.717, 1.165) is 24.5 Å². The van der Waals surface area contributed by atoms with Crippen LogP contribution in [0.2, 0.25) is 5.02 Å². The van der Waals surface area contributed by atoms with E-state index in [4.69, 9.17) is 17.3 Å². The van der Waals surface area contributed by atoms with Crippen molar-refractivity contribution in [2.24, 2.45) is 11.7 Å². The molecule has 3 heteroatoms. The molecule has 1 saturated heterocycles. The molecule has 1 heterocycles. The molecule has 1 aromatic carbocycles. The number of rotatable bonds is 2. The van der Waals surface area contributed by atoms with Gasteiger partial charge in [-0.2, -0.15) is 0 Å². The fraction of sp³-hybridized carbons (Fsp3) is 0.600. The summed E-state index contributed by atoms with van der Waals surface area (Å²) in [5.41, 5.74) is 9.62. The maximum atomic E-state index is 6.46. The number of benzene rings is 1. The monoisotopic (exact) mass is 266 g/mol. The van der Waals surface area contributed by atoms with Crippen LogP contribution in [-0.2, 0) is 0 Å². The van der Waals surface area contributed by atoms with Gasteiger partial charge < -0.3 is 10.6 Å². The first kappa shape index (κ1) is 13.7. The number of hydrogen-bond acceptors (Lipinski definition) is 2. The van der Waals surface area contributed by atoms with E-state index >= 15 is 0 Å². The third-order valence-electron chi connectivity index (χ3n) is 3.96. The summed E-state index contributed by atoms with van der Waals surface area (Å²) in [4.78, 5) is 2.43. The van der Waals surface area contributed by atoms with Crippen LogP contribution in [0, 0.1) is 19.8 Å². The summed E-state index contributed by atoms with van der Waals surface area (Å²) in [5.74, 6) is 0.566. The van der Waals surface area contributed by atoms with E-state index in [1.807, 2.05) is 0 Å². The minimum absolute atomic E-state index is 0.133. The zero-order valence-electron chi connectivity index (χ0n) is 11.8. The van der Waals surface area contributed by atoms with E-state index < -0.39 is 0 Å². The zero-order chi connectivity index (χ0) is 13.5. The van der Waals surface area contributed by atoms with Gasteiger partial charge in [0.25, 0.3) is 0 Å². The van der Waals surface area contributed by atoms with Crippen molar-refractivity contribution in [1.29, 1.82) is 0 Å². The molecule has 1 aliphatic heterocycles. The van der Waals surface area contributed by atoms with Crippen LogP contribution in [0.5, 0.6) is 0 Å². The maximum absolute atomic E-state index is 6.46. The van der Waals surface area contributed by atoms with E-state index in [-0.39, 0.29) is 5.54 Å². The molecule has 0 amide bonds. The lowest BCUT2D eigenvalue weighted by atomic mass is 9.96. The molecular formula is C15H23ClN2. The van der Waals surface area contributed by atoms with E-state index in [1.54, 1.807) is 0 Å². The minimum Gasteiger partial charge on any atom is -0.365 e. The highest BCUT2D eigenvalue weighted by molar-refractivity contribution is 6.33. The van der Waals surface area contributed by atoms with Crippen molar-refractivity contribution >= 4 is 17.3 Å². The Morgan fingerprint density at radius 2 is 2.06 bits per heavy atom. The predicted molar refractivity (Wildman–Crippen MR) is 79.5 cm³/mol. The lowest BCUT2D eigenvalue weighted by molar-refractivity contribution is 0.476. The molecule has 0 aromatic heterocycles. The second kappa shape index (κ2) is 4.75. The Bertz CT molecular complexity index is 431. The second-order valence-corrected chi connectivity index (χ2v) is 6.55. The summed E-state index contributed by atoms with van der Waals surface area (Å²) in [6, 6.07) is 4.25. The Morgan fingerprint density at radius 1 is 1.39 bits per heavy atom. The first-order valence-corrected chi connectivity index (χ1v) is 6.97. The highest BCUT2D eigenvalue weighted by atomic mass is 35.5. The molecule has 1 atom stereocenters. The van der Waals surface area contributed by atoms with Gasteiger partial charge in [0, 0.05) is 12.1 Å². The van der Waals surface area contributed by atoms with Gasteiger partial charge in [-0.25, -0.2) is 0 Å². The van der Waals surface area contributed by atoms with Crippen molar-refractivity contribution < 1.29 is 0 Å². The number of halogens is 1. The first-order chi connectivity index (χ1) is 8.35. The van der Waals surface area contributed by atoms with Gasteiger partial charge in [-0.3, -0.25) is 0 Å². The van der Waals surface area contributed by atoms with Crippen molar-refractivity contribution in [3.05, 3.63) is 28.3 Å². The van der Waals surface area contributed by atoms with E-state index in [0.29, 0.717) is 5.92 Å². The Morgan fingerprint density at radius 3 is 2.56 bits per heavy atom.